The number of hydrogen-bond acceptors (Lipinski definition) is 3. The van der Waals surface area contributed by atoms with Gasteiger partial charge in [-0.05, 0) is 74.6 Å². The summed E-state index contributed by atoms with van der Waals surface area (Å²) in [5.41, 5.74) is 5.75. The summed E-state index contributed by atoms with van der Waals surface area (Å²) >= 11 is 0. The van der Waals surface area contributed by atoms with Crippen LogP contribution in [0.1, 0.15) is 47.9 Å². The van der Waals surface area contributed by atoms with Gasteiger partial charge in [0.2, 0.25) is 11.8 Å². The Balaban J connectivity index is 0.00000289. The van der Waals surface area contributed by atoms with Crippen LogP contribution in [0.15, 0.2) is 42.5 Å². The highest BCUT2D eigenvalue weighted by atomic mass is 35.5. The molecule has 2 aliphatic rings. The zero-order chi connectivity index (χ0) is 21.8. The van der Waals surface area contributed by atoms with Gasteiger partial charge in [-0.15, -0.1) is 12.4 Å². The molecule has 172 valence electrons. The molecule has 2 aromatic rings. The number of fused-ring (bicyclic) bond motifs is 1. The Morgan fingerprint density at radius 2 is 1.69 bits per heavy atom. The fraction of sp³-hybridized carbons (Fsp3) is 0.462. The molecule has 5 nitrogen and oxygen atoms in total. The van der Waals surface area contributed by atoms with Crippen LogP contribution >= 0.6 is 12.4 Å². The van der Waals surface area contributed by atoms with Crippen molar-refractivity contribution in [2.45, 2.75) is 58.5 Å². The van der Waals surface area contributed by atoms with Gasteiger partial charge in [0.1, 0.15) is 0 Å². The van der Waals surface area contributed by atoms with Crippen molar-refractivity contribution in [1.82, 2.24) is 10.6 Å². The largest absolute Gasteiger partial charge is 0.354 e. The Bertz CT molecular complexity index is 954. The van der Waals surface area contributed by atoms with Crippen LogP contribution < -0.4 is 16.0 Å². The smallest absolute Gasteiger partial charge is 0.237 e. The molecule has 4 rings (SSSR count). The first-order chi connectivity index (χ1) is 15.0. The molecule has 0 saturated heterocycles. The standard InChI is InChI=1S/C26H33N3O2.ClH/c1-17-7-12-23(18(2)13-17)29-25(30)20-10-8-19(9-11-20)15-28-26(31)24-14-21-5-3-4-6-22(21)16-27-24;/h3-7,12-13,19-20,24,27H,8-11,14-16H2,1-2H3,(H,28,31)(H,29,30);1H. The molecule has 2 amide bonds. The maximum absolute atomic E-state index is 12.7. The molecule has 1 unspecified atom stereocenters. The van der Waals surface area contributed by atoms with Crippen molar-refractivity contribution in [3.05, 3.63) is 64.7 Å². The number of rotatable bonds is 5. The summed E-state index contributed by atoms with van der Waals surface area (Å²) < 4.78 is 0. The molecule has 1 fully saturated rings. The number of carbonyl (C=O) groups is 2. The average Bonchev–Trinajstić information content (AvgIpc) is 2.79. The van der Waals surface area contributed by atoms with E-state index in [-0.39, 0.29) is 36.2 Å². The number of halogens is 1. The molecule has 1 aliphatic heterocycles. The lowest BCUT2D eigenvalue weighted by Crippen LogP contribution is -2.48. The summed E-state index contributed by atoms with van der Waals surface area (Å²) in [5.74, 6) is 0.720. The number of carbonyl (C=O) groups excluding carboxylic acids is 2. The van der Waals surface area contributed by atoms with Gasteiger partial charge in [0.25, 0.3) is 0 Å². The Labute approximate surface area is 197 Å². The van der Waals surface area contributed by atoms with Crippen molar-refractivity contribution in [2.75, 3.05) is 11.9 Å². The highest BCUT2D eigenvalue weighted by Crippen LogP contribution is 2.30. The SMILES string of the molecule is Cc1ccc(NC(=O)C2CCC(CNC(=O)C3Cc4ccccc4CN3)CC2)c(C)c1.Cl. The van der Waals surface area contributed by atoms with Crippen LogP contribution in [0.4, 0.5) is 5.69 Å². The number of aryl methyl sites for hydroxylation is 2. The highest BCUT2D eigenvalue weighted by molar-refractivity contribution is 5.93. The number of hydrogen-bond donors (Lipinski definition) is 3. The minimum absolute atomic E-state index is 0. The molecule has 3 N–H and O–H groups in total. The molecule has 32 heavy (non-hydrogen) atoms. The third-order valence-electron chi connectivity index (χ3n) is 6.82. The van der Waals surface area contributed by atoms with E-state index in [2.05, 4.69) is 41.1 Å². The van der Waals surface area contributed by atoms with Gasteiger partial charge in [-0.25, -0.2) is 0 Å². The van der Waals surface area contributed by atoms with Crippen LogP contribution in [0.5, 0.6) is 0 Å². The summed E-state index contributed by atoms with van der Waals surface area (Å²) in [6.45, 7) is 5.53. The van der Waals surface area contributed by atoms with Gasteiger partial charge in [-0.1, -0.05) is 42.0 Å². The maximum Gasteiger partial charge on any atom is 0.237 e. The van der Waals surface area contributed by atoms with Crippen molar-refractivity contribution in [1.29, 1.82) is 0 Å². The lowest BCUT2D eigenvalue weighted by Gasteiger charge is -2.29. The summed E-state index contributed by atoms with van der Waals surface area (Å²) in [7, 11) is 0. The quantitative estimate of drug-likeness (QED) is 0.629. The van der Waals surface area contributed by atoms with Gasteiger partial charge in [-0.2, -0.15) is 0 Å². The number of amides is 2. The first kappa shape index (κ1) is 24.3. The van der Waals surface area contributed by atoms with Crippen LogP contribution in [0.2, 0.25) is 0 Å². The van der Waals surface area contributed by atoms with Crippen molar-refractivity contribution in [2.24, 2.45) is 11.8 Å². The monoisotopic (exact) mass is 455 g/mol. The summed E-state index contributed by atoms with van der Waals surface area (Å²) in [6.07, 6.45) is 4.46. The van der Waals surface area contributed by atoms with E-state index in [4.69, 9.17) is 0 Å². The van der Waals surface area contributed by atoms with Crippen LogP contribution in [0, 0.1) is 25.7 Å². The van der Waals surface area contributed by atoms with Crippen LogP contribution in [0.3, 0.4) is 0 Å². The molecule has 1 heterocycles. The zero-order valence-corrected chi connectivity index (χ0v) is 19.8. The second kappa shape index (κ2) is 11.0. The topological polar surface area (TPSA) is 70.2 Å². The van der Waals surface area contributed by atoms with Crippen molar-refractivity contribution >= 4 is 29.9 Å². The van der Waals surface area contributed by atoms with Gasteiger partial charge < -0.3 is 16.0 Å². The molecule has 1 atom stereocenters. The molecule has 6 heteroatoms. The summed E-state index contributed by atoms with van der Waals surface area (Å²) in [6, 6.07) is 14.3. The third kappa shape index (κ3) is 5.90. The highest BCUT2D eigenvalue weighted by Gasteiger charge is 2.28. The molecule has 0 aromatic heterocycles. The minimum atomic E-state index is -0.158. The van der Waals surface area contributed by atoms with Crippen LogP contribution in [-0.2, 0) is 22.6 Å². The Morgan fingerprint density at radius 3 is 2.41 bits per heavy atom. The van der Waals surface area contributed by atoms with E-state index in [0.29, 0.717) is 12.5 Å². The Hall–Kier alpha value is -2.37. The summed E-state index contributed by atoms with van der Waals surface area (Å²) in [5, 5.41) is 9.60. The van der Waals surface area contributed by atoms with Crippen molar-refractivity contribution < 1.29 is 9.59 Å². The molecular formula is C26H34ClN3O2. The second-order valence-corrected chi connectivity index (χ2v) is 9.18. The fourth-order valence-electron chi connectivity index (χ4n) is 4.83. The lowest BCUT2D eigenvalue weighted by atomic mass is 9.81. The van der Waals surface area contributed by atoms with Gasteiger partial charge >= 0.3 is 0 Å². The zero-order valence-electron chi connectivity index (χ0n) is 18.9. The van der Waals surface area contributed by atoms with E-state index in [1.165, 1.54) is 16.7 Å². The number of nitrogens with one attached hydrogen (secondary N) is 3. The van der Waals surface area contributed by atoms with Gasteiger partial charge in [0, 0.05) is 24.7 Å². The first-order valence-electron chi connectivity index (χ1n) is 11.5. The fourth-order valence-corrected chi connectivity index (χ4v) is 4.83. The Kier molecular flexibility index (Phi) is 8.32. The van der Waals surface area contributed by atoms with Crippen molar-refractivity contribution in [3.8, 4) is 0 Å². The van der Waals surface area contributed by atoms with E-state index in [0.717, 1.165) is 49.9 Å². The second-order valence-electron chi connectivity index (χ2n) is 9.18. The number of anilines is 1. The predicted molar refractivity (Wildman–Crippen MR) is 131 cm³/mol. The van der Waals surface area contributed by atoms with E-state index in [1.807, 2.05) is 31.2 Å². The van der Waals surface area contributed by atoms with Crippen LogP contribution in [-0.4, -0.2) is 24.4 Å². The van der Waals surface area contributed by atoms with Gasteiger partial charge in [-0.3, -0.25) is 9.59 Å². The third-order valence-corrected chi connectivity index (χ3v) is 6.82. The van der Waals surface area contributed by atoms with E-state index in [1.54, 1.807) is 0 Å². The first-order valence-corrected chi connectivity index (χ1v) is 11.5. The molecule has 1 saturated carbocycles. The van der Waals surface area contributed by atoms with Crippen molar-refractivity contribution in [3.63, 3.8) is 0 Å². The van der Waals surface area contributed by atoms with E-state index in [9.17, 15) is 9.59 Å². The minimum Gasteiger partial charge on any atom is -0.354 e. The normalized spacial score (nSPS) is 22.2. The molecule has 0 radical (unpaired) electrons. The molecule has 0 spiro atoms. The number of benzene rings is 2. The lowest BCUT2D eigenvalue weighted by molar-refractivity contribution is -0.124. The summed E-state index contributed by atoms with van der Waals surface area (Å²) in [4.78, 5) is 25.3. The average molecular weight is 456 g/mol. The van der Waals surface area contributed by atoms with E-state index < -0.39 is 0 Å². The molecule has 1 aliphatic carbocycles. The molecule has 0 bridgehead atoms. The van der Waals surface area contributed by atoms with Gasteiger partial charge in [0.05, 0.1) is 6.04 Å². The predicted octanol–water partition coefficient (Wildman–Crippen LogP) is 4.30. The van der Waals surface area contributed by atoms with Gasteiger partial charge in [0.15, 0.2) is 0 Å². The maximum atomic E-state index is 12.7. The van der Waals surface area contributed by atoms with Crippen LogP contribution in [0.25, 0.3) is 0 Å². The Morgan fingerprint density at radius 1 is 0.969 bits per heavy atom. The van der Waals surface area contributed by atoms with E-state index >= 15 is 0 Å². The molecular weight excluding hydrogens is 422 g/mol. The molecule has 2 aromatic carbocycles.